The van der Waals surface area contributed by atoms with E-state index in [4.69, 9.17) is 4.74 Å². The first-order chi connectivity index (χ1) is 11.8. The topological polar surface area (TPSA) is 48.9 Å². The molecule has 2 N–H and O–H groups in total. The number of rotatable bonds is 8. The van der Waals surface area contributed by atoms with E-state index in [0.717, 1.165) is 71.3 Å². The minimum Gasteiger partial charge on any atom is -0.379 e. The lowest BCUT2D eigenvalue weighted by atomic mass is 10.1. The van der Waals surface area contributed by atoms with Crippen molar-refractivity contribution in [3.05, 3.63) is 35.4 Å². The third-order valence-electron chi connectivity index (χ3n) is 4.27. The van der Waals surface area contributed by atoms with Gasteiger partial charge < -0.3 is 15.4 Å². The summed E-state index contributed by atoms with van der Waals surface area (Å²) in [6, 6.07) is 8.89. The summed E-state index contributed by atoms with van der Waals surface area (Å²) in [6.07, 6.45) is 2.11. The number of aliphatic imine (C=N–C) groups is 1. The molecule has 0 radical (unpaired) electrons. The molecule has 0 aliphatic carbocycles. The fourth-order valence-electron chi connectivity index (χ4n) is 2.74. The molecule has 1 fully saturated rings. The molecule has 1 heterocycles. The largest absolute Gasteiger partial charge is 0.379 e. The van der Waals surface area contributed by atoms with Crippen molar-refractivity contribution in [2.45, 2.75) is 26.7 Å². The molecule has 0 bridgehead atoms. The Morgan fingerprint density at radius 1 is 1.08 bits per heavy atom. The molecule has 0 saturated carbocycles. The van der Waals surface area contributed by atoms with Crippen LogP contribution in [-0.2, 0) is 17.6 Å². The summed E-state index contributed by atoms with van der Waals surface area (Å²) >= 11 is 0. The van der Waals surface area contributed by atoms with Gasteiger partial charge in [-0.25, -0.2) is 0 Å². The minimum atomic E-state index is 0. The Morgan fingerprint density at radius 3 is 2.40 bits per heavy atom. The van der Waals surface area contributed by atoms with Gasteiger partial charge in [-0.15, -0.1) is 24.0 Å². The number of guanidine groups is 1. The van der Waals surface area contributed by atoms with Gasteiger partial charge in [0.05, 0.1) is 19.8 Å². The maximum Gasteiger partial charge on any atom is 0.191 e. The van der Waals surface area contributed by atoms with Gasteiger partial charge in [0.15, 0.2) is 5.96 Å². The molecular formula is C19H33IN4O. The molecular weight excluding hydrogens is 427 g/mol. The van der Waals surface area contributed by atoms with Crippen molar-refractivity contribution in [3.63, 3.8) is 0 Å². The van der Waals surface area contributed by atoms with E-state index >= 15 is 0 Å². The number of nitrogens with one attached hydrogen (secondary N) is 2. The number of benzene rings is 1. The van der Waals surface area contributed by atoms with Crippen LogP contribution in [0.2, 0.25) is 0 Å². The number of morpholine rings is 1. The Morgan fingerprint density at radius 2 is 1.76 bits per heavy atom. The molecule has 1 saturated heterocycles. The normalized spacial score (nSPS) is 15.5. The lowest BCUT2D eigenvalue weighted by Gasteiger charge is -2.25. The molecule has 0 atom stereocenters. The van der Waals surface area contributed by atoms with Crippen LogP contribution < -0.4 is 10.6 Å². The summed E-state index contributed by atoms with van der Waals surface area (Å²) in [5.41, 5.74) is 2.76. The van der Waals surface area contributed by atoms with E-state index in [9.17, 15) is 0 Å². The van der Waals surface area contributed by atoms with Crippen molar-refractivity contribution >= 4 is 29.9 Å². The molecule has 1 aliphatic heterocycles. The zero-order valence-corrected chi connectivity index (χ0v) is 17.9. The van der Waals surface area contributed by atoms with Crippen molar-refractivity contribution in [1.82, 2.24) is 15.5 Å². The molecule has 2 rings (SSSR count). The second-order valence-electron chi connectivity index (χ2n) is 6.06. The molecule has 1 aromatic rings. The Balaban J connectivity index is 0.00000312. The summed E-state index contributed by atoms with van der Waals surface area (Å²) in [7, 11) is 0. The van der Waals surface area contributed by atoms with Crippen LogP contribution in [0, 0.1) is 0 Å². The highest BCUT2D eigenvalue weighted by molar-refractivity contribution is 14.0. The second-order valence-corrected chi connectivity index (χ2v) is 6.06. The molecule has 0 aromatic heterocycles. The van der Waals surface area contributed by atoms with Crippen molar-refractivity contribution in [3.8, 4) is 0 Å². The molecule has 25 heavy (non-hydrogen) atoms. The molecule has 6 heteroatoms. The van der Waals surface area contributed by atoms with Crippen molar-refractivity contribution in [1.29, 1.82) is 0 Å². The molecule has 5 nitrogen and oxygen atoms in total. The van der Waals surface area contributed by atoms with Crippen LogP contribution in [0.1, 0.15) is 25.0 Å². The Hall–Kier alpha value is -0.860. The average Bonchev–Trinajstić information content (AvgIpc) is 2.63. The highest BCUT2D eigenvalue weighted by Crippen LogP contribution is 2.05. The highest BCUT2D eigenvalue weighted by atomic mass is 127. The first-order valence-corrected chi connectivity index (χ1v) is 9.22. The van der Waals surface area contributed by atoms with Crippen LogP contribution in [0.25, 0.3) is 0 Å². The zero-order chi connectivity index (χ0) is 17.0. The van der Waals surface area contributed by atoms with Gasteiger partial charge in [0, 0.05) is 32.7 Å². The van der Waals surface area contributed by atoms with Crippen molar-refractivity contribution in [2.24, 2.45) is 4.99 Å². The van der Waals surface area contributed by atoms with Gasteiger partial charge in [0.1, 0.15) is 0 Å². The number of aryl methyl sites for hydroxylation is 1. The summed E-state index contributed by atoms with van der Waals surface area (Å²) in [6.45, 7) is 11.6. The van der Waals surface area contributed by atoms with Gasteiger partial charge in [-0.3, -0.25) is 9.89 Å². The maximum absolute atomic E-state index is 5.37. The van der Waals surface area contributed by atoms with E-state index < -0.39 is 0 Å². The Labute approximate surface area is 169 Å². The van der Waals surface area contributed by atoms with E-state index in [1.165, 1.54) is 11.1 Å². The fourth-order valence-corrected chi connectivity index (χ4v) is 2.74. The zero-order valence-electron chi connectivity index (χ0n) is 15.6. The van der Waals surface area contributed by atoms with E-state index in [-0.39, 0.29) is 24.0 Å². The lowest BCUT2D eigenvalue weighted by molar-refractivity contribution is 0.0394. The Bertz CT molecular complexity index is 487. The first-order valence-electron chi connectivity index (χ1n) is 9.22. The van der Waals surface area contributed by atoms with Crippen LogP contribution in [0.3, 0.4) is 0 Å². The number of hydrogen-bond donors (Lipinski definition) is 2. The van der Waals surface area contributed by atoms with Crippen LogP contribution >= 0.6 is 24.0 Å². The van der Waals surface area contributed by atoms with Crippen LogP contribution in [-0.4, -0.2) is 63.3 Å². The van der Waals surface area contributed by atoms with E-state index in [1.54, 1.807) is 0 Å². The highest BCUT2D eigenvalue weighted by Gasteiger charge is 2.09. The van der Waals surface area contributed by atoms with E-state index in [2.05, 4.69) is 58.6 Å². The average molecular weight is 460 g/mol. The van der Waals surface area contributed by atoms with Crippen LogP contribution in [0.4, 0.5) is 0 Å². The minimum absolute atomic E-state index is 0. The fraction of sp³-hybridized carbons (Fsp3) is 0.632. The SMILES string of the molecule is CCNC(=NCCN1CCOCC1)NCCc1ccc(CC)cc1.I. The van der Waals surface area contributed by atoms with Crippen molar-refractivity contribution in [2.75, 3.05) is 52.5 Å². The summed E-state index contributed by atoms with van der Waals surface area (Å²) in [5, 5.41) is 6.75. The number of hydrogen-bond acceptors (Lipinski definition) is 3. The van der Waals surface area contributed by atoms with Gasteiger partial charge in [-0.2, -0.15) is 0 Å². The molecule has 142 valence electrons. The molecule has 0 spiro atoms. The lowest BCUT2D eigenvalue weighted by Crippen LogP contribution is -2.40. The molecule has 0 unspecified atom stereocenters. The predicted molar refractivity (Wildman–Crippen MR) is 116 cm³/mol. The van der Waals surface area contributed by atoms with Gasteiger partial charge >= 0.3 is 0 Å². The van der Waals surface area contributed by atoms with Crippen molar-refractivity contribution < 1.29 is 4.74 Å². The number of ether oxygens (including phenoxy) is 1. The molecule has 0 amide bonds. The van der Waals surface area contributed by atoms with Gasteiger partial charge in [-0.05, 0) is 30.9 Å². The quantitative estimate of drug-likeness (QED) is 0.355. The third kappa shape index (κ3) is 8.87. The first kappa shape index (κ1) is 22.2. The van der Waals surface area contributed by atoms with E-state index in [1.807, 2.05) is 0 Å². The maximum atomic E-state index is 5.37. The molecule has 1 aliphatic rings. The third-order valence-corrected chi connectivity index (χ3v) is 4.27. The summed E-state index contributed by atoms with van der Waals surface area (Å²) in [5.74, 6) is 0.913. The second kappa shape index (κ2) is 13.4. The number of nitrogens with zero attached hydrogens (tertiary/aromatic N) is 2. The van der Waals surface area contributed by atoms with Crippen LogP contribution in [0.5, 0.6) is 0 Å². The van der Waals surface area contributed by atoms with Gasteiger partial charge in [0.2, 0.25) is 0 Å². The monoisotopic (exact) mass is 460 g/mol. The summed E-state index contributed by atoms with van der Waals surface area (Å²) < 4.78 is 5.37. The molecule has 1 aromatic carbocycles. The predicted octanol–water partition coefficient (Wildman–Crippen LogP) is 2.30. The standard InChI is InChI=1S/C19H32N4O.HI/c1-3-17-5-7-18(8-6-17)9-10-21-19(20-4-2)22-11-12-23-13-15-24-16-14-23;/h5-8H,3-4,9-16H2,1-2H3,(H2,20,21,22);1H. The van der Waals surface area contributed by atoms with E-state index in [0.29, 0.717) is 0 Å². The van der Waals surface area contributed by atoms with Gasteiger partial charge in [0.25, 0.3) is 0 Å². The van der Waals surface area contributed by atoms with Crippen LogP contribution in [0.15, 0.2) is 29.3 Å². The van der Waals surface area contributed by atoms with Gasteiger partial charge in [-0.1, -0.05) is 31.2 Å². The Kier molecular flexibility index (Phi) is 11.9. The smallest absolute Gasteiger partial charge is 0.191 e. The number of halogens is 1. The summed E-state index contributed by atoms with van der Waals surface area (Å²) in [4.78, 5) is 7.09.